The Morgan fingerprint density at radius 3 is 2.28 bits per heavy atom. The number of rotatable bonds is 4. The van der Waals surface area contributed by atoms with Crippen molar-refractivity contribution < 1.29 is 14.0 Å². The smallest absolute Gasteiger partial charge is 0.256 e. The van der Waals surface area contributed by atoms with E-state index in [2.05, 4.69) is 10.3 Å². The Morgan fingerprint density at radius 1 is 0.897 bits per heavy atom. The number of para-hydroxylation sites is 1. The Balaban J connectivity index is 1.74. The zero-order chi connectivity index (χ0) is 20.4. The van der Waals surface area contributed by atoms with Crippen LogP contribution in [0.5, 0.6) is 0 Å². The van der Waals surface area contributed by atoms with Crippen LogP contribution in [0.4, 0.5) is 10.1 Å². The highest BCUT2D eigenvalue weighted by atomic mass is 19.1. The van der Waals surface area contributed by atoms with Crippen molar-refractivity contribution >= 4 is 28.3 Å². The minimum absolute atomic E-state index is 0.0352. The number of nitrogens with one attached hydrogen (secondary N) is 1. The third-order valence-electron chi connectivity index (χ3n) is 4.65. The molecule has 0 unspecified atom stereocenters. The van der Waals surface area contributed by atoms with E-state index in [1.165, 1.54) is 19.1 Å². The molecule has 4 aromatic rings. The largest absolute Gasteiger partial charge is 0.322 e. The summed E-state index contributed by atoms with van der Waals surface area (Å²) < 4.78 is 13.3. The summed E-state index contributed by atoms with van der Waals surface area (Å²) in [7, 11) is 0. The number of aromatic nitrogens is 1. The van der Waals surface area contributed by atoms with Crippen molar-refractivity contribution in [2.24, 2.45) is 0 Å². The van der Waals surface area contributed by atoms with Crippen LogP contribution in [-0.4, -0.2) is 16.7 Å². The Kier molecular flexibility index (Phi) is 4.87. The molecule has 0 fully saturated rings. The van der Waals surface area contributed by atoms with Crippen LogP contribution in [0.25, 0.3) is 22.2 Å². The van der Waals surface area contributed by atoms with Gasteiger partial charge in [0.15, 0.2) is 5.78 Å². The van der Waals surface area contributed by atoms with E-state index in [4.69, 9.17) is 0 Å². The van der Waals surface area contributed by atoms with Gasteiger partial charge in [0.1, 0.15) is 5.82 Å². The lowest BCUT2D eigenvalue weighted by atomic mass is 10.0. The van der Waals surface area contributed by atoms with Gasteiger partial charge in [-0.05, 0) is 67.6 Å². The van der Waals surface area contributed by atoms with Crippen LogP contribution in [0.1, 0.15) is 27.6 Å². The fourth-order valence-electron chi connectivity index (χ4n) is 3.12. The molecule has 4 nitrogen and oxygen atoms in total. The van der Waals surface area contributed by atoms with Gasteiger partial charge in [-0.3, -0.25) is 9.59 Å². The van der Waals surface area contributed by atoms with Crippen LogP contribution >= 0.6 is 0 Å². The first-order chi connectivity index (χ1) is 14.0. The van der Waals surface area contributed by atoms with E-state index in [0.717, 1.165) is 10.9 Å². The molecular weight excluding hydrogens is 367 g/mol. The second-order valence-corrected chi connectivity index (χ2v) is 6.67. The monoisotopic (exact) mass is 384 g/mol. The molecule has 4 rings (SSSR count). The van der Waals surface area contributed by atoms with Gasteiger partial charge in [-0.15, -0.1) is 0 Å². The molecule has 0 bridgehead atoms. The van der Waals surface area contributed by atoms with Crippen molar-refractivity contribution in [3.05, 3.63) is 95.8 Å². The predicted molar refractivity (Wildman–Crippen MR) is 112 cm³/mol. The summed E-state index contributed by atoms with van der Waals surface area (Å²) in [6.07, 6.45) is 0. The number of halogens is 1. The van der Waals surface area contributed by atoms with Crippen LogP contribution in [0.15, 0.2) is 78.9 Å². The molecule has 0 aliphatic rings. The minimum Gasteiger partial charge on any atom is -0.322 e. The normalized spacial score (nSPS) is 10.7. The van der Waals surface area contributed by atoms with Gasteiger partial charge < -0.3 is 5.32 Å². The van der Waals surface area contributed by atoms with E-state index in [1.54, 1.807) is 42.5 Å². The number of hydrogen-bond donors (Lipinski definition) is 1. The summed E-state index contributed by atoms with van der Waals surface area (Å²) in [5.74, 6) is -0.656. The van der Waals surface area contributed by atoms with Gasteiger partial charge in [0.2, 0.25) is 0 Å². The zero-order valence-corrected chi connectivity index (χ0v) is 15.6. The average Bonchev–Trinajstić information content (AvgIpc) is 2.74. The average molecular weight is 384 g/mol. The Morgan fingerprint density at radius 2 is 1.59 bits per heavy atom. The zero-order valence-electron chi connectivity index (χ0n) is 15.6. The molecule has 1 heterocycles. The molecule has 1 aromatic heterocycles. The standard InChI is InChI=1S/C24H17FN2O2/c1-15(28)16-8-12-19(13-9-16)26-24(29)21-14-23(17-6-10-18(25)11-7-17)27-22-5-3-2-4-20(21)22/h2-14H,1H3,(H,26,29). The summed E-state index contributed by atoms with van der Waals surface area (Å²) >= 11 is 0. The third kappa shape index (κ3) is 3.89. The number of carbonyl (C=O) groups is 2. The van der Waals surface area contributed by atoms with Crippen molar-refractivity contribution in [2.75, 3.05) is 5.32 Å². The molecule has 142 valence electrons. The first-order valence-corrected chi connectivity index (χ1v) is 9.09. The van der Waals surface area contributed by atoms with Crippen LogP contribution in [0.2, 0.25) is 0 Å². The molecule has 29 heavy (non-hydrogen) atoms. The molecule has 1 amide bonds. The minimum atomic E-state index is -0.332. The lowest BCUT2D eigenvalue weighted by Gasteiger charge is -2.11. The van der Waals surface area contributed by atoms with Crippen LogP contribution in [0.3, 0.4) is 0 Å². The number of Topliss-reactive ketones (excluding diaryl/α,β-unsaturated/α-hetero) is 1. The Labute approximate surface area is 167 Å². The predicted octanol–water partition coefficient (Wildman–Crippen LogP) is 5.50. The van der Waals surface area contributed by atoms with Crippen molar-refractivity contribution in [3.8, 4) is 11.3 Å². The molecule has 0 aliphatic heterocycles. The van der Waals surface area contributed by atoms with E-state index in [0.29, 0.717) is 28.0 Å². The van der Waals surface area contributed by atoms with Crippen LogP contribution in [0, 0.1) is 5.82 Å². The SMILES string of the molecule is CC(=O)c1ccc(NC(=O)c2cc(-c3ccc(F)cc3)nc3ccccc23)cc1. The number of hydrogen-bond acceptors (Lipinski definition) is 3. The van der Waals surface area contributed by atoms with E-state index >= 15 is 0 Å². The van der Waals surface area contributed by atoms with Crippen molar-refractivity contribution in [1.82, 2.24) is 4.98 Å². The lowest BCUT2D eigenvalue weighted by Crippen LogP contribution is -2.13. The van der Waals surface area contributed by atoms with Gasteiger partial charge in [-0.1, -0.05) is 18.2 Å². The highest BCUT2D eigenvalue weighted by Gasteiger charge is 2.14. The topological polar surface area (TPSA) is 59.1 Å². The van der Waals surface area contributed by atoms with Gasteiger partial charge in [0.25, 0.3) is 5.91 Å². The highest BCUT2D eigenvalue weighted by Crippen LogP contribution is 2.26. The van der Waals surface area contributed by atoms with Gasteiger partial charge in [0, 0.05) is 22.2 Å². The summed E-state index contributed by atoms with van der Waals surface area (Å²) in [5.41, 5.74) is 3.61. The molecule has 0 spiro atoms. The van der Waals surface area contributed by atoms with E-state index < -0.39 is 0 Å². The lowest BCUT2D eigenvalue weighted by molar-refractivity contribution is 0.101. The fraction of sp³-hybridized carbons (Fsp3) is 0.0417. The van der Waals surface area contributed by atoms with Crippen LogP contribution in [-0.2, 0) is 0 Å². The number of amides is 1. The van der Waals surface area contributed by atoms with Crippen LogP contribution < -0.4 is 5.32 Å². The van der Waals surface area contributed by atoms with Gasteiger partial charge in [-0.25, -0.2) is 9.37 Å². The van der Waals surface area contributed by atoms with E-state index in [-0.39, 0.29) is 17.5 Å². The molecule has 1 N–H and O–H groups in total. The maximum Gasteiger partial charge on any atom is 0.256 e. The van der Waals surface area contributed by atoms with E-state index in [1.807, 2.05) is 24.3 Å². The Hall–Kier alpha value is -3.86. The summed E-state index contributed by atoms with van der Waals surface area (Å²) in [6.45, 7) is 1.49. The van der Waals surface area contributed by atoms with E-state index in [9.17, 15) is 14.0 Å². The van der Waals surface area contributed by atoms with Gasteiger partial charge >= 0.3 is 0 Å². The number of carbonyl (C=O) groups excluding carboxylic acids is 2. The number of ketones is 1. The maximum atomic E-state index is 13.3. The molecule has 0 aliphatic carbocycles. The molecule has 0 saturated heterocycles. The Bertz CT molecular complexity index is 1220. The second-order valence-electron chi connectivity index (χ2n) is 6.67. The number of anilines is 1. The fourth-order valence-corrected chi connectivity index (χ4v) is 3.12. The molecule has 0 radical (unpaired) electrons. The number of nitrogens with zero attached hydrogens (tertiary/aromatic N) is 1. The molecule has 0 saturated carbocycles. The summed E-state index contributed by atoms with van der Waals surface area (Å²) in [4.78, 5) is 29.1. The maximum absolute atomic E-state index is 13.3. The summed E-state index contributed by atoms with van der Waals surface area (Å²) in [6, 6.07) is 21.8. The molecule has 3 aromatic carbocycles. The van der Waals surface area contributed by atoms with Crippen molar-refractivity contribution in [2.45, 2.75) is 6.92 Å². The first-order valence-electron chi connectivity index (χ1n) is 9.09. The number of benzene rings is 3. The summed E-state index contributed by atoms with van der Waals surface area (Å²) in [5, 5.41) is 3.59. The second kappa shape index (κ2) is 7.64. The molecule has 0 atom stereocenters. The third-order valence-corrected chi connectivity index (χ3v) is 4.65. The van der Waals surface area contributed by atoms with Crippen molar-refractivity contribution in [1.29, 1.82) is 0 Å². The number of pyridine rings is 1. The van der Waals surface area contributed by atoms with Crippen molar-refractivity contribution in [3.63, 3.8) is 0 Å². The molecule has 5 heteroatoms. The highest BCUT2D eigenvalue weighted by molar-refractivity contribution is 6.13. The number of fused-ring (bicyclic) bond motifs is 1. The first kappa shape index (κ1) is 18.5. The molecular formula is C24H17FN2O2. The quantitative estimate of drug-likeness (QED) is 0.473. The van der Waals surface area contributed by atoms with Gasteiger partial charge in [0.05, 0.1) is 16.8 Å². The van der Waals surface area contributed by atoms with Gasteiger partial charge in [-0.2, -0.15) is 0 Å².